The molecule has 4 rings (SSSR count). The standard InChI is InChI=1S/C20H34O2/c21-19-16(13-7-3-1-4-8-13)11-15-12-17(20(22)18(15)19)14-9-5-2-6-10-14/h13-22H,1-12H2/t15?,16-,17-,18?,19?,20?/m1/s1. The van der Waals surface area contributed by atoms with E-state index in [-0.39, 0.29) is 18.1 Å². The van der Waals surface area contributed by atoms with Crippen LogP contribution in [-0.4, -0.2) is 22.4 Å². The molecule has 126 valence electrons. The van der Waals surface area contributed by atoms with Crippen molar-refractivity contribution in [1.82, 2.24) is 0 Å². The van der Waals surface area contributed by atoms with Gasteiger partial charge in [-0.25, -0.2) is 0 Å². The second-order valence-electron chi connectivity index (χ2n) is 8.91. The Morgan fingerprint density at radius 1 is 0.500 bits per heavy atom. The van der Waals surface area contributed by atoms with E-state index in [4.69, 9.17) is 0 Å². The van der Waals surface area contributed by atoms with Crippen LogP contribution in [0.4, 0.5) is 0 Å². The van der Waals surface area contributed by atoms with Gasteiger partial charge < -0.3 is 10.2 Å². The zero-order valence-corrected chi connectivity index (χ0v) is 14.0. The van der Waals surface area contributed by atoms with Crippen LogP contribution in [0, 0.1) is 35.5 Å². The van der Waals surface area contributed by atoms with Gasteiger partial charge in [0, 0.05) is 5.92 Å². The average Bonchev–Trinajstić information content (AvgIpc) is 3.07. The van der Waals surface area contributed by atoms with Gasteiger partial charge in [0.05, 0.1) is 12.2 Å². The maximum absolute atomic E-state index is 10.9. The fourth-order valence-electron chi connectivity index (χ4n) is 6.79. The highest BCUT2D eigenvalue weighted by Gasteiger charge is 2.55. The molecule has 0 spiro atoms. The first-order valence-electron chi connectivity index (χ1n) is 10.1. The summed E-state index contributed by atoms with van der Waals surface area (Å²) in [7, 11) is 0. The largest absolute Gasteiger partial charge is 0.392 e. The fourth-order valence-corrected chi connectivity index (χ4v) is 6.79. The molecule has 4 saturated carbocycles. The summed E-state index contributed by atoms with van der Waals surface area (Å²) < 4.78 is 0. The molecular weight excluding hydrogens is 272 g/mol. The molecule has 0 heterocycles. The Balaban J connectivity index is 1.42. The molecule has 2 unspecified atom stereocenters. The molecule has 0 saturated heterocycles. The topological polar surface area (TPSA) is 40.5 Å². The van der Waals surface area contributed by atoms with Crippen LogP contribution in [0.15, 0.2) is 0 Å². The third kappa shape index (κ3) is 2.65. The van der Waals surface area contributed by atoms with Gasteiger partial charge in [-0.3, -0.25) is 0 Å². The number of hydrogen-bond acceptors (Lipinski definition) is 2. The number of rotatable bonds is 2. The highest BCUT2D eigenvalue weighted by atomic mass is 16.3. The molecule has 0 aliphatic heterocycles. The Bertz CT molecular complexity index is 336. The van der Waals surface area contributed by atoms with Crippen molar-refractivity contribution in [3.05, 3.63) is 0 Å². The van der Waals surface area contributed by atoms with Crippen molar-refractivity contribution in [2.24, 2.45) is 35.5 Å². The van der Waals surface area contributed by atoms with Crippen LogP contribution >= 0.6 is 0 Å². The van der Waals surface area contributed by atoms with E-state index in [1.807, 2.05) is 0 Å². The molecule has 4 aliphatic rings. The predicted octanol–water partition coefficient (Wildman–Crippen LogP) is 4.14. The summed E-state index contributed by atoms with van der Waals surface area (Å²) >= 11 is 0. The Morgan fingerprint density at radius 2 is 0.909 bits per heavy atom. The molecule has 4 atom stereocenters. The lowest BCUT2D eigenvalue weighted by Gasteiger charge is -2.35. The second-order valence-corrected chi connectivity index (χ2v) is 8.91. The van der Waals surface area contributed by atoms with Gasteiger partial charge in [-0.05, 0) is 42.4 Å². The molecule has 2 N–H and O–H groups in total. The number of aliphatic hydroxyl groups excluding tert-OH is 2. The molecule has 2 heteroatoms. The Morgan fingerprint density at radius 3 is 1.27 bits per heavy atom. The van der Waals surface area contributed by atoms with Crippen molar-refractivity contribution < 1.29 is 10.2 Å². The summed E-state index contributed by atoms with van der Waals surface area (Å²) in [6.45, 7) is 0. The van der Waals surface area contributed by atoms with Crippen LogP contribution < -0.4 is 0 Å². The normalized spacial score (nSPS) is 47.7. The smallest absolute Gasteiger partial charge is 0.0626 e. The third-order valence-electron chi connectivity index (χ3n) is 7.87. The van der Waals surface area contributed by atoms with E-state index in [1.165, 1.54) is 77.0 Å². The third-order valence-corrected chi connectivity index (χ3v) is 7.87. The van der Waals surface area contributed by atoms with Crippen LogP contribution in [0.3, 0.4) is 0 Å². The quantitative estimate of drug-likeness (QED) is 0.805. The number of hydrogen-bond donors (Lipinski definition) is 2. The van der Waals surface area contributed by atoms with Crippen LogP contribution in [0.25, 0.3) is 0 Å². The molecule has 0 bridgehead atoms. The molecule has 22 heavy (non-hydrogen) atoms. The molecule has 4 fully saturated rings. The van der Waals surface area contributed by atoms with Crippen LogP contribution in [0.1, 0.15) is 77.0 Å². The van der Waals surface area contributed by atoms with Crippen LogP contribution in [0.2, 0.25) is 0 Å². The van der Waals surface area contributed by atoms with Gasteiger partial charge in [-0.15, -0.1) is 0 Å². The predicted molar refractivity (Wildman–Crippen MR) is 88.4 cm³/mol. The van der Waals surface area contributed by atoms with Gasteiger partial charge in [-0.1, -0.05) is 64.2 Å². The van der Waals surface area contributed by atoms with E-state index in [1.54, 1.807) is 0 Å². The summed E-state index contributed by atoms with van der Waals surface area (Å²) in [6, 6.07) is 0. The van der Waals surface area contributed by atoms with Crippen molar-refractivity contribution in [1.29, 1.82) is 0 Å². The van der Waals surface area contributed by atoms with Gasteiger partial charge in [0.25, 0.3) is 0 Å². The first-order chi connectivity index (χ1) is 10.8. The average molecular weight is 306 g/mol. The summed E-state index contributed by atoms with van der Waals surface area (Å²) in [5, 5.41) is 21.9. The summed E-state index contributed by atoms with van der Waals surface area (Å²) in [4.78, 5) is 0. The molecular formula is C20H34O2. The van der Waals surface area contributed by atoms with Crippen molar-refractivity contribution in [3.63, 3.8) is 0 Å². The lowest BCUT2D eigenvalue weighted by atomic mass is 9.74. The molecule has 0 aromatic heterocycles. The van der Waals surface area contributed by atoms with Crippen molar-refractivity contribution in [2.45, 2.75) is 89.3 Å². The van der Waals surface area contributed by atoms with Gasteiger partial charge >= 0.3 is 0 Å². The van der Waals surface area contributed by atoms with Crippen molar-refractivity contribution in [2.75, 3.05) is 0 Å². The SMILES string of the molecule is OC1C2C(C[C@@H]1C1CCCCC1)C[C@H](C1CCCCC1)C2O. The molecule has 0 radical (unpaired) electrons. The molecule has 0 aromatic carbocycles. The molecule has 0 amide bonds. The Labute approximate surface area is 135 Å². The first-order valence-corrected chi connectivity index (χ1v) is 10.1. The first kappa shape index (κ1) is 15.4. The van der Waals surface area contributed by atoms with E-state index in [2.05, 4.69) is 0 Å². The van der Waals surface area contributed by atoms with Gasteiger partial charge in [0.2, 0.25) is 0 Å². The van der Waals surface area contributed by atoms with Crippen molar-refractivity contribution >= 4 is 0 Å². The minimum atomic E-state index is -0.211. The maximum Gasteiger partial charge on any atom is 0.0626 e. The van der Waals surface area contributed by atoms with Crippen LogP contribution in [0.5, 0.6) is 0 Å². The summed E-state index contributed by atoms with van der Waals surface area (Å²) in [5.74, 6) is 3.31. The lowest BCUT2D eigenvalue weighted by molar-refractivity contribution is -0.0223. The monoisotopic (exact) mass is 306 g/mol. The maximum atomic E-state index is 10.9. The fraction of sp³-hybridized carbons (Fsp3) is 1.00. The molecule has 0 aromatic rings. The minimum absolute atomic E-state index is 0.207. The summed E-state index contributed by atoms with van der Waals surface area (Å²) in [6.07, 6.45) is 15.5. The van der Waals surface area contributed by atoms with Crippen LogP contribution in [-0.2, 0) is 0 Å². The van der Waals surface area contributed by atoms with E-state index < -0.39 is 0 Å². The Hall–Kier alpha value is -0.0800. The van der Waals surface area contributed by atoms with Crippen molar-refractivity contribution in [3.8, 4) is 0 Å². The van der Waals surface area contributed by atoms with Gasteiger partial charge in [0.1, 0.15) is 0 Å². The zero-order valence-electron chi connectivity index (χ0n) is 14.0. The van der Waals surface area contributed by atoms with Gasteiger partial charge in [0.15, 0.2) is 0 Å². The van der Waals surface area contributed by atoms with E-state index in [0.29, 0.717) is 17.8 Å². The van der Waals surface area contributed by atoms with E-state index in [0.717, 1.165) is 11.8 Å². The summed E-state index contributed by atoms with van der Waals surface area (Å²) in [5.41, 5.74) is 0. The minimum Gasteiger partial charge on any atom is -0.392 e. The van der Waals surface area contributed by atoms with E-state index >= 15 is 0 Å². The zero-order chi connectivity index (χ0) is 15.1. The molecule has 4 aliphatic carbocycles. The van der Waals surface area contributed by atoms with Gasteiger partial charge in [-0.2, -0.15) is 0 Å². The number of aliphatic hydroxyl groups is 2. The highest BCUT2D eigenvalue weighted by Crippen LogP contribution is 2.55. The number of fused-ring (bicyclic) bond motifs is 1. The molecule has 2 nitrogen and oxygen atoms in total. The lowest BCUT2D eigenvalue weighted by Crippen LogP contribution is -2.37. The van der Waals surface area contributed by atoms with E-state index in [9.17, 15) is 10.2 Å². The second kappa shape index (κ2) is 6.43. The highest BCUT2D eigenvalue weighted by molar-refractivity contribution is 5.04. The Kier molecular flexibility index (Phi) is 4.52.